The number of nitrogens with one attached hydrogen (secondary N) is 1. The van der Waals surface area contributed by atoms with Gasteiger partial charge in [0.15, 0.2) is 11.5 Å². The average molecular weight is 282 g/mol. The molecule has 0 fully saturated rings. The van der Waals surface area contributed by atoms with E-state index in [9.17, 15) is 4.79 Å². The SMILES string of the molecule is CCNC(=O)c1ccc(-n2ncc3ccc(N)cc32)nn1. The molecule has 0 aliphatic heterocycles. The van der Waals surface area contributed by atoms with Crippen molar-refractivity contribution in [2.45, 2.75) is 6.92 Å². The van der Waals surface area contributed by atoms with Crippen LogP contribution in [-0.2, 0) is 0 Å². The predicted octanol–water partition coefficient (Wildman–Crippen LogP) is 1.15. The molecule has 1 aromatic carbocycles. The van der Waals surface area contributed by atoms with Crippen LogP contribution < -0.4 is 11.1 Å². The maximum Gasteiger partial charge on any atom is 0.271 e. The van der Waals surface area contributed by atoms with Crippen molar-refractivity contribution in [2.75, 3.05) is 12.3 Å². The first kappa shape index (κ1) is 13.0. The van der Waals surface area contributed by atoms with E-state index in [0.717, 1.165) is 10.9 Å². The second-order valence-electron chi connectivity index (χ2n) is 4.51. The van der Waals surface area contributed by atoms with Gasteiger partial charge in [-0.15, -0.1) is 10.2 Å². The Hall–Kier alpha value is -2.96. The number of aromatic nitrogens is 4. The van der Waals surface area contributed by atoms with E-state index in [-0.39, 0.29) is 11.6 Å². The molecule has 0 aliphatic carbocycles. The van der Waals surface area contributed by atoms with Crippen LogP contribution in [0.15, 0.2) is 36.5 Å². The molecule has 0 spiro atoms. The molecule has 0 bridgehead atoms. The molecule has 106 valence electrons. The van der Waals surface area contributed by atoms with E-state index in [2.05, 4.69) is 20.6 Å². The number of amides is 1. The number of benzene rings is 1. The topological polar surface area (TPSA) is 98.7 Å². The fourth-order valence-corrected chi connectivity index (χ4v) is 2.03. The smallest absolute Gasteiger partial charge is 0.271 e. The van der Waals surface area contributed by atoms with Crippen molar-refractivity contribution in [3.05, 3.63) is 42.2 Å². The number of carbonyl (C=O) groups is 1. The molecule has 7 heteroatoms. The summed E-state index contributed by atoms with van der Waals surface area (Å²) < 4.78 is 1.64. The van der Waals surface area contributed by atoms with Crippen molar-refractivity contribution in [1.82, 2.24) is 25.3 Å². The van der Waals surface area contributed by atoms with Gasteiger partial charge in [0.25, 0.3) is 5.91 Å². The fraction of sp³-hybridized carbons (Fsp3) is 0.143. The lowest BCUT2D eigenvalue weighted by molar-refractivity contribution is 0.0950. The Balaban J connectivity index is 1.99. The standard InChI is InChI=1S/C14H14N6O/c1-2-16-14(21)11-5-6-13(19-18-11)20-12-7-10(15)4-3-9(12)8-17-20/h3-8H,2,15H2,1H3,(H,16,21). The normalized spacial score (nSPS) is 10.7. The Morgan fingerprint density at radius 3 is 2.86 bits per heavy atom. The Morgan fingerprint density at radius 1 is 1.29 bits per heavy atom. The lowest BCUT2D eigenvalue weighted by atomic mass is 10.2. The third-order valence-electron chi connectivity index (χ3n) is 3.03. The molecule has 0 saturated heterocycles. The second-order valence-corrected chi connectivity index (χ2v) is 4.51. The van der Waals surface area contributed by atoms with Crippen LogP contribution >= 0.6 is 0 Å². The number of fused-ring (bicyclic) bond motifs is 1. The molecule has 7 nitrogen and oxygen atoms in total. The van der Waals surface area contributed by atoms with Gasteiger partial charge < -0.3 is 11.1 Å². The number of nitrogens with two attached hydrogens (primary N) is 1. The number of carbonyl (C=O) groups excluding carboxylic acids is 1. The average Bonchev–Trinajstić information content (AvgIpc) is 2.90. The summed E-state index contributed by atoms with van der Waals surface area (Å²) in [6.45, 7) is 2.39. The number of anilines is 1. The molecule has 2 aromatic heterocycles. The highest BCUT2D eigenvalue weighted by Gasteiger charge is 2.10. The van der Waals surface area contributed by atoms with E-state index in [0.29, 0.717) is 18.1 Å². The zero-order valence-electron chi connectivity index (χ0n) is 11.4. The lowest BCUT2D eigenvalue weighted by Crippen LogP contribution is -2.24. The molecule has 0 aliphatic rings. The van der Waals surface area contributed by atoms with E-state index in [4.69, 9.17) is 5.73 Å². The van der Waals surface area contributed by atoms with Gasteiger partial charge in [0, 0.05) is 17.6 Å². The molecule has 0 radical (unpaired) electrons. The first-order chi connectivity index (χ1) is 10.2. The van der Waals surface area contributed by atoms with Crippen molar-refractivity contribution < 1.29 is 4.79 Å². The summed E-state index contributed by atoms with van der Waals surface area (Å²) in [4.78, 5) is 11.6. The number of rotatable bonds is 3. The maximum absolute atomic E-state index is 11.6. The molecular weight excluding hydrogens is 268 g/mol. The van der Waals surface area contributed by atoms with Crippen molar-refractivity contribution in [3.8, 4) is 5.82 Å². The van der Waals surface area contributed by atoms with Gasteiger partial charge >= 0.3 is 0 Å². The van der Waals surface area contributed by atoms with Crippen LogP contribution in [-0.4, -0.2) is 32.4 Å². The molecule has 0 unspecified atom stereocenters. The minimum Gasteiger partial charge on any atom is -0.399 e. The predicted molar refractivity (Wildman–Crippen MR) is 79.1 cm³/mol. The summed E-state index contributed by atoms with van der Waals surface area (Å²) >= 11 is 0. The highest BCUT2D eigenvalue weighted by Crippen LogP contribution is 2.19. The fourth-order valence-electron chi connectivity index (χ4n) is 2.03. The molecule has 0 saturated carbocycles. The van der Waals surface area contributed by atoms with Gasteiger partial charge in [-0.05, 0) is 37.3 Å². The number of hydrogen-bond donors (Lipinski definition) is 2. The molecule has 3 N–H and O–H groups in total. The maximum atomic E-state index is 11.6. The van der Waals surface area contributed by atoms with Gasteiger partial charge in [-0.1, -0.05) is 0 Å². The third kappa shape index (κ3) is 2.40. The van der Waals surface area contributed by atoms with Crippen molar-refractivity contribution in [3.63, 3.8) is 0 Å². The van der Waals surface area contributed by atoms with Crippen molar-refractivity contribution in [2.24, 2.45) is 0 Å². The summed E-state index contributed by atoms with van der Waals surface area (Å²) in [5, 5.41) is 15.9. The first-order valence-electron chi connectivity index (χ1n) is 6.54. The highest BCUT2D eigenvalue weighted by atomic mass is 16.1. The van der Waals surface area contributed by atoms with Crippen molar-refractivity contribution in [1.29, 1.82) is 0 Å². The lowest BCUT2D eigenvalue weighted by Gasteiger charge is -2.04. The molecule has 0 atom stereocenters. The Morgan fingerprint density at radius 2 is 2.14 bits per heavy atom. The zero-order chi connectivity index (χ0) is 14.8. The van der Waals surface area contributed by atoms with Crippen LogP contribution in [0.1, 0.15) is 17.4 Å². The van der Waals surface area contributed by atoms with Gasteiger partial charge in [-0.25, -0.2) is 4.68 Å². The van der Waals surface area contributed by atoms with Gasteiger partial charge in [0.2, 0.25) is 0 Å². The molecule has 1 amide bonds. The minimum absolute atomic E-state index is 0.244. The van der Waals surface area contributed by atoms with E-state index in [1.54, 1.807) is 23.0 Å². The minimum atomic E-state index is -0.244. The highest BCUT2D eigenvalue weighted by molar-refractivity contribution is 5.92. The monoisotopic (exact) mass is 282 g/mol. The van der Waals surface area contributed by atoms with Crippen LogP contribution in [0.5, 0.6) is 0 Å². The third-order valence-corrected chi connectivity index (χ3v) is 3.03. The van der Waals surface area contributed by atoms with E-state index in [1.807, 2.05) is 25.1 Å². The second kappa shape index (κ2) is 5.20. The van der Waals surface area contributed by atoms with Crippen molar-refractivity contribution >= 4 is 22.5 Å². The van der Waals surface area contributed by atoms with Crippen LogP contribution in [0, 0.1) is 0 Å². The summed E-state index contributed by atoms with van der Waals surface area (Å²) in [6.07, 6.45) is 1.73. The molecule has 2 heterocycles. The summed E-state index contributed by atoms with van der Waals surface area (Å²) in [6, 6.07) is 8.85. The quantitative estimate of drug-likeness (QED) is 0.702. The summed E-state index contributed by atoms with van der Waals surface area (Å²) in [5.74, 6) is 0.287. The Bertz CT molecular complexity index is 793. The summed E-state index contributed by atoms with van der Waals surface area (Å²) in [5.41, 5.74) is 7.56. The largest absolute Gasteiger partial charge is 0.399 e. The van der Waals surface area contributed by atoms with Gasteiger partial charge in [0.05, 0.1) is 11.7 Å². The Kier molecular flexibility index (Phi) is 3.23. The van der Waals surface area contributed by atoms with Crippen LogP contribution in [0.25, 0.3) is 16.7 Å². The summed E-state index contributed by atoms with van der Waals surface area (Å²) in [7, 11) is 0. The van der Waals surface area contributed by atoms with Gasteiger partial charge in [0.1, 0.15) is 0 Å². The van der Waals surface area contributed by atoms with E-state index >= 15 is 0 Å². The molecule has 3 aromatic rings. The molecule has 21 heavy (non-hydrogen) atoms. The molecule has 3 rings (SSSR count). The van der Waals surface area contributed by atoms with E-state index in [1.165, 1.54) is 0 Å². The van der Waals surface area contributed by atoms with Crippen LogP contribution in [0.3, 0.4) is 0 Å². The van der Waals surface area contributed by atoms with Gasteiger partial charge in [-0.2, -0.15) is 5.10 Å². The molecular formula is C14H14N6O. The zero-order valence-corrected chi connectivity index (χ0v) is 11.4. The van der Waals surface area contributed by atoms with Gasteiger partial charge in [-0.3, -0.25) is 4.79 Å². The van der Waals surface area contributed by atoms with Crippen LogP contribution in [0.2, 0.25) is 0 Å². The van der Waals surface area contributed by atoms with Crippen LogP contribution in [0.4, 0.5) is 5.69 Å². The van der Waals surface area contributed by atoms with E-state index < -0.39 is 0 Å². The first-order valence-corrected chi connectivity index (χ1v) is 6.54. The Labute approximate surface area is 120 Å². The number of nitrogens with zero attached hydrogens (tertiary/aromatic N) is 4. The number of nitrogen functional groups attached to an aromatic ring is 1. The number of hydrogen-bond acceptors (Lipinski definition) is 5.